The van der Waals surface area contributed by atoms with Crippen LogP contribution in [0.1, 0.15) is 0 Å². The first-order chi connectivity index (χ1) is 3.91. The number of thioether (sulfide) groups is 1. The minimum absolute atomic E-state index is 0.811. The van der Waals surface area contributed by atoms with Crippen molar-refractivity contribution in [2.75, 3.05) is 5.75 Å². The van der Waals surface area contributed by atoms with Gasteiger partial charge in [-0.3, -0.25) is 0 Å². The number of aliphatic imine (C=N–C) groups is 1. The summed E-state index contributed by atoms with van der Waals surface area (Å²) in [5.74, 6) is 0.811. The van der Waals surface area contributed by atoms with E-state index in [4.69, 9.17) is 5.26 Å². The third-order valence-electron chi connectivity index (χ3n) is 0.399. The van der Waals surface area contributed by atoms with Gasteiger partial charge in [0.15, 0.2) is 0 Å². The molecule has 2 nitrogen and oxygen atoms in total. The summed E-state index contributed by atoms with van der Waals surface area (Å²) in [5, 5.41) is 7.88. The van der Waals surface area contributed by atoms with E-state index in [1.807, 2.05) is 0 Å². The normalized spacial score (nSPS) is 8.88. The Morgan fingerprint density at radius 2 is 2.62 bits per heavy atom. The van der Waals surface area contributed by atoms with Crippen molar-refractivity contribution in [3.63, 3.8) is 0 Å². The topological polar surface area (TPSA) is 36.1 Å². The molecule has 0 radical (unpaired) electrons. The van der Waals surface area contributed by atoms with E-state index in [9.17, 15) is 0 Å². The molecule has 0 spiro atoms. The SMILES string of the molecule is C=CCS/C=N/C#N. The molecule has 0 N–H and O–H groups in total. The molecule has 8 heavy (non-hydrogen) atoms. The zero-order valence-electron chi connectivity index (χ0n) is 4.37. The van der Waals surface area contributed by atoms with Crippen LogP contribution in [0.4, 0.5) is 0 Å². The van der Waals surface area contributed by atoms with Gasteiger partial charge in [0.25, 0.3) is 0 Å². The second-order valence-corrected chi connectivity index (χ2v) is 1.83. The summed E-state index contributed by atoms with van der Waals surface area (Å²) in [6.07, 6.45) is 3.40. The van der Waals surface area contributed by atoms with Gasteiger partial charge in [-0.15, -0.1) is 18.3 Å². The van der Waals surface area contributed by atoms with Gasteiger partial charge >= 0.3 is 0 Å². The Hall–Kier alpha value is -0.750. The molecule has 0 aliphatic rings. The Morgan fingerprint density at radius 3 is 3.12 bits per heavy atom. The molecule has 0 atom stereocenters. The Morgan fingerprint density at radius 1 is 1.88 bits per heavy atom. The maximum atomic E-state index is 7.88. The van der Waals surface area contributed by atoms with Gasteiger partial charge in [-0.2, -0.15) is 10.3 Å². The summed E-state index contributed by atoms with van der Waals surface area (Å²) in [4.78, 5) is 3.31. The second-order valence-electron chi connectivity index (χ2n) is 0.957. The van der Waals surface area contributed by atoms with Crippen molar-refractivity contribution in [1.82, 2.24) is 0 Å². The molecule has 42 valence electrons. The van der Waals surface area contributed by atoms with Crippen molar-refractivity contribution in [2.45, 2.75) is 0 Å². The van der Waals surface area contributed by atoms with E-state index in [-0.39, 0.29) is 0 Å². The van der Waals surface area contributed by atoms with Gasteiger partial charge < -0.3 is 0 Å². The Labute approximate surface area is 52.9 Å². The summed E-state index contributed by atoms with van der Waals surface area (Å²) in [6, 6.07) is 0. The van der Waals surface area contributed by atoms with Crippen LogP contribution in [0.5, 0.6) is 0 Å². The molecular formula is C5H6N2S. The lowest BCUT2D eigenvalue weighted by atomic mass is 10.8. The summed E-state index contributed by atoms with van der Waals surface area (Å²) in [6.45, 7) is 3.49. The number of rotatable bonds is 3. The van der Waals surface area contributed by atoms with E-state index >= 15 is 0 Å². The quantitative estimate of drug-likeness (QED) is 0.188. The Balaban J connectivity index is 3.06. The molecule has 0 saturated carbocycles. The molecule has 0 amide bonds. The van der Waals surface area contributed by atoms with Crippen molar-refractivity contribution < 1.29 is 0 Å². The highest BCUT2D eigenvalue weighted by molar-refractivity contribution is 8.12. The van der Waals surface area contributed by atoms with Crippen molar-refractivity contribution in [1.29, 1.82) is 5.26 Å². The number of nitrogens with zero attached hydrogens (tertiary/aromatic N) is 2. The Kier molecular flexibility index (Phi) is 5.66. The van der Waals surface area contributed by atoms with Crippen LogP contribution >= 0.6 is 11.8 Å². The van der Waals surface area contributed by atoms with Gasteiger partial charge in [-0.25, -0.2) is 0 Å². The summed E-state index contributed by atoms with van der Waals surface area (Å²) >= 11 is 1.45. The van der Waals surface area contributed by atoms with Crippen LogP contribution in [0, 0.1) is 11.5 Å². The minimum atomic E-state index is 0.811. The highest BCUT2D eigenvalue weighted by atomic mass is 32.2. The first kappa shape index (κ1) is 7.25. The van der Waals surface area contributed by atoms with Gasteiger partial charge in [0.1, 0.15) is 0 Å². The third kappa shape index (κ3) is 5.25. The molecule has 0 aromatic carbocycles. The predicted molar refractivity (Wildman–Crippen MR) is 36.8 cm³/mol. The van der Waals surface area contributed by atoms with Gasteiger partial charge in [0.2, 0.25) is 6.19 Å². The van der Waals surface area contributed by atoms with E-state index in [1.165, 1.54) is 17.3 Å². The van der Waals surface area contributed by atoms with Crippen molar-refractivity contribution in [3.8, 4) is 6.19 Å². The van der Waals surface area contributed by atoms with Crippen molar-refractivity contribution in [3.05, 3.63) is 12.7 Å². The summed E-state index contributed by atoms with van der Waals surface area (Å²) < 4.78 is 0. The zero-order valence-corrected chi connectivity index (χ0v) is 5.19. The lowest BCUT2D eigenvalue weighted by molar-refractivity contribution is 1.45. The van der Waals surface area contributed by atoms with Crippen LogP contribution in [-0.4, -0.2) is 11.3 Å². The fraction of sp³-hybridized carbons (Fsp3) is 0.200. The number of hydrogen-bond acceptors (Lipinski definition) is 3. The predicted octanol–water partition coefficient (Wildman–Crippen LogP) is 1.41. The average Bonchev–Trinajstić information content (AvgIpc) is 1.81. The molecule has 0 aliphatic carbocycles. The first-order valence-corrected chi connectivity index (χ1v) is 3.10. The van der Waals surface area contributed by atoms with Gasteiger partial charge in [0.05, 0.1) is 5.55 Å². The lowest BCUT2D eigenvalue weighted by Gasteiger charge is -1.77. The highest BCUT2D eigenvalue weighted by Gasteiger charge is 1.71. The molecule has 0 unspecified atom stereocenters. The first-order valence-electron chi connectivity index (χ1n) is 2.05. The Bertz CT molecular complexity index is 123. The van der Waals surface area contributed by atoms with Gasteiger partial charge in [-0.05, 0) is 0 Å². The molecule has 0 aromatic rings. The van der Waals surface area contributed by atoms with E-state index in [0.29, 0.717) is 0 Å². The maximum Gasteiger partial charge on any atom is 0.206 e. The fourth-order valence-corrected chi connectivity index (χ4v) is 0.516. The molecule has 3 heteroatoms. The van der Waals surface area contributed by atoms with Gasteiger partial charge in [-0.1, -0.05) is 6.08 Å². The molecule has 0 saturated heterocycles. The van der Waals surface area contributed by atoms with E-state index in [2.05, 4.69) is 11.6 Å². The zero-order chi connectivity index (χ0) is 6.24. The van der Waals surface area contributed by atoms with Gasteiger partial charge in [0, 0.05) is 5.75 Å². The molecule has 0 aliphatic heterocycles. The summed E-state index contributed by atoms with van der Waals surface area (Å²) in [5.41, 5.74) is 1.50. The summed E-state index contributed by atoms with van der Waals surface area (Å²) in [7, 11) is 0. The van der Waals surface area contributed by atoms with Crippen LogP contribution < -0.4 is 0 Å². The third-order valence-corrected chi connectivity index (χ3v) is 1.08. The van der Waals surface area contributed by atoms with E-state index < -0.39 is 0 Å². The number of hydrogen-bond donors (Lipinski definition) is 0. The molecule has 0 heterocycles. The second kappa shape index (κ2) is 6.25. The largest absolute Gasteiger partial charge is 0.206 e. The molecular weight excluding hydrogens is 120 g/mol. The maximum absolute atomic E-state index is 7.88. The van der Waals surface area contributed by atoms with E-state index in [0.717, 1.165) is 5.75 Å². The fourth-order valence-electron chi connectivity index (χ4n) is 0.172. The molecule has 0 aromatic heterocycles. The standard InChI is InChI=1S/C5H6N2S/c1-2-3-8-5-7-4-6/h2,5H,1,3H2/b7-5+. The monoisotopic (exact) mass is 126 g/mol. The average molecular weight is 126 g/mol. The molecule has 0 bridgehead atoms. The van der Waals surface area contributed by atoms with E-state index in [1.54, 1.807) is 12.3 Å². The van der Waals surface area contributed by atoms with Crippen LogP contribution in [0.25, 0.3) is 0 Å². The minimum Gasteiger partial charge on any atom is -0.175 e. The lowest BCUT2D eigenvalue weighted by Crippen LogP contribution is -1.66. The number of nitriles is 1. The van der Waals surface area contributed by atoms with Crippen molar-refractivity contribution >= 4 is 17.3 Å². The van der Waals surface area contributed by atoms with Crippen LogP contribution in [-0.2, 0) is 0 Å². The van der Waals surface area contributed by atoms with Crippen LogP contribution in [0.15, 0.2) is 17.6 Å². The highest BCUT2D eigenvalue weighted by Crippen LogP contribution is 1.92. The molecule has 0 fully saturated rings. The van der Waals surface area contributed by atoms with Crippen LogP contribution in [0.3, 0.4) is 0 Å². The van der Waals surface area contributed by atoms with Crippen molar-refractivity contribution in [2.24, 2.45) is 4.99 Å². The van der Waals surface area contributed by atoms with Crippen LogP contribution in [0.2, 0.25) is 0 Å². The molecule has 0 rings (SSSR count). The smallest absolute Gasteiger partial charge is 0.175 e.